The zero-order valence-corrected chi connectivity index (χ0v) is 19.9. The molecule has 0 atom stereocenters. The van der Waals surface area contributed by atoms with Crippen LogP contribution >= 0.6 is 34.5 Å². The minimum absolute atomic E-state index is 0.451. The second kappa shape index (κ2) is 9.73. The summed E-state index contributed by atoms with van der Waals surface area (Å²) < 4.78 is 24.2. The number of benzene rings is 2. The first kappa shape index (κ1) is 22.3. The molecule has 0 saturated heterocycles. The van der Waals surface area contributed by atoms with Crippen LogP contribution in [0.2, 0.25) is 10.0 Å². The molecule has 2 aromatic carbocycles. The topological polar surface area (TPSA) is 58.1 Å². The highest BCUT2D eigenvalue weighted by atomic mass is 35.5. The van der Waals surface area contributed by atoms with Gasteiger partial charge in [-0.25, -0.2) is 4.99 Å². The summed E-state index contributed by atoms with van der Waals surface area (Å²) in [6.45, 7) is 0.489. The number of thiazole rings is 1. The Labute approximate surface area is 199 Å². The van der Waals surface area contributed by atoms with Crippen LogP contribution in [0.15, 0.2) is 63.5 Å². The predicted molar refractivity (Wildman–Crippen MR) is 127 cm³/mol. The van der Waals surface area contributed by atoms with E-state index in [0.717, 1.165) is 21.8 Å². The van der Waals surface area contributed by atoms with Gasteiger partial charge in [-0.15, -0.1) is 11.3 Å². The summed E-state index contributed by atoms with van der Waals surface area (Å²) in [7, 11) is 4.77. The van der Waals surface area contributed by atoms with Crippen molar-refractivity contribution in [1.82, 2.24) is 4.57 Å². The van der Waals surface area contributed by atoms with Crippen molar-refractivity contribution in [3.63, 3.8) is 0 Å². The molecule has 4 aromatic rings. The third-order valence-electron chi connectivity index (χ3n) is 4.78. The summed E-state index contributed by atoms with van der Waals surface area (Å²) >= 11 is 13.7. The largest absolute Gasteiger partial charge is 0.493 e. The van der Waals surface area contributed by atoms with Crippen molar-refractivity contribution in [3.8, 4) is 28.5 Å². The zero-order chi connectivity index (χ0) is 22.7. The summed E-state index contributed by atoms with van der Waals surface area (Å²) in [5, 5.41) is 2.96. The van der Waals surface area contributed by atoms with E-state index in [9.17, 15) is 0 Å². The van der Waals surface area contributed by atoms with Crippen LogP contribution in [0.4, 0.5) is 5.69 Å². The summed E-state index contributed by atoms with van der Waals surface area (Å²) in [6.07, 6.45) is 1.65. The highest BCUT2D eigenvalue weighted by Crippen LogP contribution is 2.41. The second-order valence-corrected chi connectivity index (χ2v) is 8.34. The smallest absolute Gasteiger partial charge is 0.203 e. The van der Waals surface area contributed by atoms with E-state index >= 15 is 0 Å². The Balaban J connectivity index is 1.90. The zero-order valence-electron chi connectivity index (χ0n) is 17.6. The summed E-state index contributed by atoms with van der Waals surface area (Å²) in [5.74, 6) is 2.47. The Morgan fingerprint density at radius 2 is 1.72 bits per heavy atom. The van der Waals surface area contributed by atoms with E-state index in [-0.39, 0.29) is 0 Å². The van der Waals surface area contributed by atoms with Crippen molar-refractivity contribution < 1.29 is 18.6 Å². The molecule has 0 radical (unpaired) electrons. The van der Waals surface area contributed by atoms with E-state index in [0.29, 0.717) is 39.5 Å². The monoisotopic (exact) mass is 490 g/mol. The Kier molecular flexibility index (Phi) is 6.79. The van der Waals surface area contributed by atoms with E-state index in [1.165, 1.54) is 11.3 Å². The number of aromatic nitrogens is 1. The molecule has 0 saturated carbocycles. The van der Waals surface area contributed by atoms with Gasteiger partial charge in [0.05, 0.1) is 55.6 Å². The highest BCUT2D eigenvalue weighted by Gasteiger charge is 2.17. The maximum Gasteiger partial charge on any atom is 0.203 e. The minimum Gasteiger partial charge on any atom is -0.493 e. The SMILES string of the molecule is COc1cc(-c2csc(=Nc3ccc(Cl)c(Cl)c3)n2Cc2ccco2)cc(OC)c1OC. The first-order chi connectivity index (χ1) is 15.5. The van der Waals surface area contributed by atoms with Crippen LogP contribution < -0.4 is 19.0 Å². The van der Waals surface area contributed by atoms with Gasteiger partial charge < -0.3 is 23.2 Å². The molecular weight excluding hydrogens is 471 g/mol. The number of furan rings is 1. The van der Waals surface area contributed by atoms with Crippen LogP contribution in [0.3, 0.4) is 0 Å². The van der Waals surface area contributed by atoms with Crippen LogP contribution in [-0.4, -0.2) is 25.9 Å². The molecule has 2 aromatic heterocycles. The molecule has 0 aliphatic heterocycles. The molecule has 0 fully saturated rings. The Morgan fingerprint density at radius 3 is 2.31 bits per heavy atom. The fourth-order valence-electron chi connectivity index (χ4n) is 3.25. The summed E-state index contributed by atoms with van der Waals surface area (Å²) in [4.78, 5) is 5.57. The number of hydrogen-bond donors (Lipinski definition) is 0. The van der Waals surface area contributed by atoms with Crippen molar-refractivity contribution in [3.05, 3.63) is 74.7 Å². The lowest BCUT2D eigenvalue weighted by Crippen LogP contribution is -2.16. The second-order valence-electron chi connectivity index (χ2n) is 6.69. The highest BCUT2D eigenvalue weighted by molar-refractivity contribution is 7.07. The molecule has 0 aliphatic carbocycles. The molecule has 0 unspecified atom stereocenters. The van der Waals surface area contributed by atoms with Gasteiger partial charge >= 0.3 is 0 Å². The van der Waals surface area contributed by atoms with Crippen molar-refractivity contribution in [2.75, 3.05) is 21.3 Å². The molecule has 32 heavy (non-hydrogen) atoms. The Bertz CT molecular complexity index is 1270. The molecule has 0 spiro atoms. The van der Waals surface area contributed by atoms with E-state index in [1.807, 2.05) is 35.7 Å². The van der Waals surface area contributed by atoms with Gasteiger partial charge in [-0.3, -0.25) is 0 Å². The lowest BCUT2D eigenvalue weighted by Gasteiger charge is -2.15. The number of ether oxygens (including phenoxy) is 3. The maximum atomic E-state index is 6.18. The third kappa shape index (κ3) is 4.50. The third-order valence-corrected chi connectivity index (χ3v) is 6.38. The van der Waals surface area contributed by atoms with E-state index in [1.54, 1.807) is 39.7 Å². The Hall–Kier alpha value is -2.87. The van der Waals surface area contributed by atoms with Gasteiger partial charge in [0.25, 0.3) is 0 Å². The molecule has 0 aliphatic rings. The standard InChI is InChI=1S/C23H20Cl2N2O4S/c1-28-20-9-14(10-21(29-2)22(20)30-3)19-13-32-23(27(19)12-16-5-4-8-31-16)26-15-6-7-17(24)18(25)11-15/h4-11,13H,12H2,1-3H3. The van der Waals surface area contributed by atoms with Crippen LogP contribution in [0, 0.1) is 0 Å². The lowest BCUT2D eigenvalue weighted by atomic mass is 10.1. The first-order valence-corrected chi connectivity index (χ1v) is 11.2. The van der Waals surface area contributed by atoms with Crippen LogP contribution in [-0.2, 0) is 6.54 Å². The van der Waals surface area contributed by atoms with Crippen molar-refractivity contribution in [1.29, 1.82) is 0 Å². The van der Waals surface area contributed by atoms with Gasteiger partial charge in [0.2, 0.25) is 5.75 Å². The lowest BCUT2D eigenvalue weighted by molar-refractivity contribution is 0.324. The molecule has 6 nitrogen and oxygen atoms in total. The van der Waals surface area contributed by atoms with Gasteiger partial charge in [-0.2, -0.15) is 0 Å². The van der Waals surface area contributed by atoms with Gasteiger partial charge in [0.15, 0.2) is 16.3 Å². The normalized spacial score (nSPS) is 11.6. The van der Waals surface area contributed by atoms with Crippen molar-refractivity contribution in [2.24, 2.45) is 4.99 Å². The number of nitrogens with zero attached hydrogens (tertiary/aromatic N) is 2. The maximum absolute atomic E-state index is 6.18. The average molecular weight is 491 g/mol. The van der Waals surface area contributed by atoms with E-state index < -0.39 is 0 Å². The molecule has 0 N–H and O–H groups in total. The molecular formula is C23H20Cl2N2O4S. The summed E-state index contributed by atoms with van der Waals surface area (Å²) in [6, 6.07) is 12.9. The van der Waals surface area contributed by atoms with Gasteiger partial charge in [0.1, 0.15) is 5.76 Å². The molecule has 0 bridgehead atoms. The molecule has 166 valence electrons. The molecule has 4 rings (SSSR count). The fourth-order valence-corrected chi connectivity index (χ4v) is 4.48. The van der Waals surface area contributed by atoms with Gasteiger partial charge in [0, 0.05) is 10.9 Å². The number of hydrogen-bond acceptors (Lipinski definition) is 6. The number of rotatable bonds is 7. The molecule has 2 heterocycles. The van der Waals surface area contributed by atoms with Crippen LogP contribution in [0.25, 0.3) is 11.3 Å². The predicted octanol–water partition coefficient (Wildman–Crippen LogP) is 6.42. The molecule has 9 heteroatoms. The van der Waals surface area contributed by atoms with Crippen LogP contribution in [0.1, 0.15) is 5.76 Å². The van der Waals surface area contributed by atoms with E-state index in [4.69, 9.17) is 46.8 Å². The minimum atomic E-state index is 0.451. The Morgan fingerprint density at radius 1 is 0.969 bits per heavy atom. The van der Waals surface area contributed by atoms with Gasteiger partial charge in [-0.05, 0) is 42.5 Å². The van der Waals surface area contributed by atoms with E-state index in [2.05, 4.69) is 4.57 Å². The number of halogens is 2. The average Bonchev–Trinajstić information content (AvgIpc) is 3.46. The summed E-state index contributed by atoms with van der Waals surface area (Å²) in [5.41, 5.74) is 2.51. The molecule has 0 amide bonds. The quantitative estimate of drug-likeness (QED) is 0.299. The van der Waals surface area contributed by atoms with Crippen LogP contribution in [0.5, 0.6) is 17.2 Å². The number of methoxy groups -OCH3 is 3. The first-order valence-electron chi connectivity index (χ1n) is 9.55. The van der Waals surface area contributed by atoms with Crippen molar-refractivity contribution in [2.45, 2.75) is 6.54 Å². The fraction of sp³-hybridized carbons (Fsp3) is 0.174. The van der Waals surface area contributed by atoms with Crippen molar-refractivity contribution >= 4 is 40.2 Å². The van der Waals surface area contributed by atoms with Gasteiger partial charge in [-0.1, -0.05) is 23.2 Å².